The molecule has 51 heavy (non-hydrogen) atoms. The van der Waals surface area contributed by atoms with Gasteiger partial charge in [-0.3, -0.25) is 24.0 Å². The number of rotatable bonds is 15. The third-order valence-electron chi connectivity index (χ3n) is 9.47. The number of likely N-dealkylation sites (N-methyl/N-ethyl adjacent to an activating group) is 1. The van der Waals surface area contributed by atoms with Crippen LogP contribution in [0.3, 0.4) is 0 Å². The Labute approximate surface area is 295 Å². The van der Waals surface area contributed by atoms with E-state index in [9.17, 15) is 33.9 Å². The van der Waals surface area contributed by atoms with Gasteiger partial charge in [0.05, 0.1) is 25.4 Å². The molecular formula is C34H45N7O10. The molecule has 1 atom stereocenters. The number of carboxylic acids is 1. The first kappa shape index (κ1) is 37.1. The molecule has 5 rings (SSSR count). The van der Waals surface area contributed by atoms with E-state index in [1.54, 1.807) is 49.2 Å². The van der Waals surface area contributed by atoms with Gasteiger partial charge < -0.3 is 39.9 Å². The molecule has 2 heterocycles. The number of para-hydroxylation sites is 1. The highest BCUT2D eigenvalue weighted by Crippen LogP contribution is 2.36. The summed E-state index contributed by atoms with van der Waals surface area (Å²) in [6.07, 6.45) is 3.47. The number of aromatic nitrogens is 2. The van der Waals surface area contributed by atoms with Crippen LogP contribution in [-0.2, 0) is 28.8 Å². The van der Waals surface area contributed by atoms with Crippen molar-refractivity contribution >= 4 is 35.8 Å². The zero-order valence-corrected chi connectivity index (χ0v) is 28.9. The van der Waals surface area contributed by atoms with Gasteiger partial charge in [-0.2, -0.15) is 5.10 Å². The SMILES string of the molecule is CCOC(=O)ON1CCN(C(=O)[C@H](CCC(=O)O)NC(=O)c2cc(OCC(=O)NC3(C(=O)N(C)C4CCC4)CCC3)n(-c3ccccc3)n2)CC1. The Balaban J connectivity index is 1.26. The van der Waals surface area contributed by atoms with Crippen LogP contribution >= 0.6 is 0 Å². The number of carbonyl (C=O) groups excluding carboxylic acids is 5. The van der Waals surface area contributed by atoms with E-state index in [0.717, 1.165) is 25.7 Å². The molecule has 17 nitrogen and oxygen atoms in total. The van der Waals surface area contributed by atoms with Gasteiger partial charge >= 0.3 is 12.1 Å². The van der Waals surface area contributed by atoms with Gasteiger partial charge in [0.15, 0.2) is 12.3 Å². The second kappa shape index (κ2) is 16.7. The first-order valence-electron chi connectivity index (χ1n) is 17.3. The molecule has 1 aromatic carbocycles. The summed E-state index contributed by atoms with van der Waals surface area (Å²) >= 11 is 0. The van der Waals surface area contributed by atoms with Crippen LogP contribution in [0.1, 0.15) is 68.8 Å². The van der Waals surface area contributed by atoms with Gasteiger partial charge in [0, 0.05) is 38.7 Å². The van der Waals surface area contributed by atoms with Crippen molar-refractivity contribution in [1.82, 2.24) is 35.3 Å². The molecule has 4 amide bonds. The standard InChI is InChI=1S/C34H45N7O10/c1-3-49-33(48)51-40-19-17-39(18-20-40)31(46)25(13-14-29(43)44)35-30(45)26-21-28(41(37-26)24-9-5-4-6-10-24)50-22-27(42)36-34(15-8-16-34)32(47)38(2)23-11-7-12-23/h4-6,9-10,21,23,25H,3,7-8,11-20,22H2,1-2H3,(H,35,45)(H,36,42)(H,43,44)/t25-/m0/s1. The second-order valence-electron chi connectivity index (χ2n) is 12.9. The third-order valence-corrected chi connectivity index (χ3v) is 9.47. The summed E-state index contributed by atoms with van der Waals surface area (Å²) in [5, 5.41) is 20.6. The van der Waals surface area contributed by atoms with Crippen LogP contribution in [0, 0.1) is 0 Å². The van der Waals surface area contributed by atoms with Crippen LogP contribution in [0.15, 0.2) is 36.4 Å². The van der Waals surface area contributed by atoms with E-state index in [4.69, 9.17) is 14.3 Å². The molecule has 276 valence electrons. The minimum Gasteiger partial charge on any atom is -0.481 e. The Bertz CT molecular complexity index is 1580. The van der Waals surface area contributed by atoms with Crippen molar-refractivity contribution in [2.24, 2.45) is 0 Å². The number of aliphatic carboxylic acids is 1. The summed E-state index contributed by atoms with van der Waals surface area (Å²) < 4.78 is 12.0. The van der Waals surface area contributed by atoms with Crippen LogP contribution in [0.2, 0.25) is 0 Å². The third kappa shape index (κ3) is 9.14. The van der Waals surface area contributed by atoms with Crippen LogP contribution in [-0.4, -0.2) is 130 Å². The van der Waals surface area contributed by atoms with Crippen molar-refractivity contribution in [3.63, 3.8) is 0 Å². The first-order chi connectivity index (χ1) is 24.5. The Morgan fingerprint density at radius 3 is 2.33 bits per heavy atom. The number of hydroxylamine groups is 2. The van der Waals surface area contributed by atoms with Crippen LogP contribution in [0.5, 0.6) is 5.88 Å². The number of hydrogen-bond acceptors (Lipinski definition) is 11. The summed E-state index contributed by atoms with van der Waals surface area (Å²) in [7, 11) is 1.78. The van der Waals surface area contributed by atoms with Crippen molar-refractivity contribution in [3.8, 4) is 11.6 Å². The van der Waals surface area contributed by atoms with E-state index in [2.05, 4.69) is 15.7 Å². The Hall–Kier alpha value is -5.19. The van der Waals surface area contributed by atoms with Gasteiger partial charge in [0.2, 0.25) is 17.7 Å². The molecule has 17 heteroatoms. The number of piperazine rings is 1. The molecule has 2 saturated carbocycles. The normalized spacial score (nSPS) is 17.6. The molecule has 0 spiro atoms. The molecule has 1 saturated heterocycles. The Morgan fingerprint density at radius 2 is 1.75 bits per heavy atom. The molecule has 1 aromatic heterocycles. The van der Waals surface area contributed by atoms with Crippen LogP contribution in [0.25, 0.3) is 5.69 Å². The Morgan fingerprint density at radius 1 is 1.04 bits per heavy atom. The maximum atomic E-state index is 13.6. The molecule has 3 aliphatic rings. The number of nitrogens with zero attached hydrogens (tertiary/aromatic N) is 5. The maximum absolute atomic E-state index is 13.6. The highest BCUT2D eigenvalue weighted by molar-refractivity contribution is 5.97. The van der Waals surface area contributed by atoms with Crippen molar-refractivity contribution in [1.29, 1.82) is 0 Å². The van der Waals surface area contributed by atoms with E-state index in [0.29, 0.717) is 18.5 Å². The van der Waals surface area contributed by atoms with Gasteiger partial charge in [-0.1, -0.05) is 18.2 Å². The average molecular weight is 712 g/mol. The fourth-order valence-corrected chi connectivity index (χ4v) is 6.20. The van der Waals surface area contributed by atoms with Crippen molar-refractivity contribution < 1.29 is 48.2 Å². The highest BCUT2D eigenvalue weighted by atomic mass is 16.8. The van der Waals surface area contributed by atoms with E-state index in [1.165, 1.54) is 20.7 Å². The smallest absolute Gasteiger partial charge is 0.481 e. The van der Waals surface area contributed by atoms with Crippen molar-refractivity contribution in [2.45, 2.75) is 75.9 Å². The van der Waals surface area contributed by atoms with Gasteiger partial charge in [-0.05, 0) is 64.0 Å². The monoisotopic (exact) mass is 711 g/mol. The molecule has 0 bridgehead atoms. The maximum Gasteiger partial charge on any atom is 0.527 e. The quantitative estimate of drug-likeness (QED) is 0.225. The van der Waals surface area contributed by atoms with Crippen LogP contribution < -0.4 is 15.4 Å². The zero-order chi connectivity index (χ0) is 36.5. The van der Waals surface area contributed by atoms with Gasteiger partial charge in [0.25, 0.3) is 11.8 Å². The van der Waals surface area contributed by atoms with E-state index in [-0.39, 0.29) is 69.2 Å². The molecule has 2 aliphatic carbocycles. The lowest BCUT2D eigenvalue weighted by Crippen LogP contribution is -2.65. The van der Waals surface area contributed by atoms with Crippen molar-refractivity contribution in [2.75, 3.05) is 46.4 Å². The number of amides is 4. The lowest BCUT2D eigenvalue weighted by molar-refractivity contribution is -0.157. The van der Waals surface area contributed by atoms with Gasteiger partial charge in [0.1, 0.15) is 11.6 Å². The molecule has 0 unspecified atom stereocenters. The summed E-state index contributed by atoms with van der Waals surface area (Å²) in [6.45, 7) is 2.03. The largest absolute Gasteiger partial charge is 0.527 e. The molecular weight excluding hydrogens is 666 g/mol. The molecule has 0 radical (unpaired) electrons. The minimum atomic E-state index is -1.20. The minimum absolute atomic E-state index is 0.0632. The van der Waals surface area contributed by atoms with E-state index >= 15 is 0 Å². The summed E-state index contributed by atoms with van der Waals surface area (Å²) in [6, 6.07) is 9.09. The number of hydrogen-bond donors (Lipinski definition) is 3. The summed E-state index contributed by atoms with van der Waals surface area (Å²) in [5.74, 6) is -2.93. The zero-order valence-electron chi connectivity index (χ0n) is 28.9. The number of benzene rings is 1. The Kier molecular flexibility index (Phi) is 12.1. The van der Waals surface area contributed by atoms with E-state index < -0.39 is 48.0 Å². The topological polar surface area (TPSA) is 202 Å². The summed E-state index contributed by atoms with van der Waals surface area (Å²) in [5.41, 5.74) is -0.572. The lowest BCUT2D eigenvalue weighted by atomic mass is 9.74. The van der Waals surface area contributed by atoms with Crippen molar-refractivity contribution in [3.05, 3.63) is 42.1 Å². The number of carbonyl (C=O) groups is 6. The average Bonchev–Trinajstić information content (AvgIpc) is 3.51. The predicted molar refractivity (Wildman–Crippen MR) is 179 cm³/mol. The molecule has 2 aromatic rings. The molecule has 1 aliphatic heterocycles. The number of carboxylic acid groups (broad SMARTS) is 1. The number of ether oxygens (including phenoxy) is 2. The summed E-state index contributed by atoms with van der Waals surface area (Å²) in [4.78, 5) is 84.9. The fourth-order valence-electron chi connectivity index (χ4n) is 6.20. The second-order valence-corrected chi connectivity index (χ2v) is 12.9. The van der Waals surface area contributed by atoms with Crippen LogP contribution in [0.4, 0.5) is 4.79 Å². The number of nitrogens with one attached hydrogen (secondary N) is 2. The highest BCUT2D eigenvalue weighted by Gasteiger charge is 2.48. The first-order valence-corrected chi connectivity index (χ1v) is 17.3. The fraction of sp³-hybridized carbons (Fsp3) is 0.559. The van der Waals surface area contributed by atoms with E-state index in [1.807, 2.05) is 0 Å². The predicted octanol–water partition coefficient (Wildman–Crippen LogP) is 1.50. The lowest BCUT2D eigenvalue weighted by Gasteiger charge is -2.46. The molecule has 3 fully saturated rings. The van der Waals surface area contributed by atoms with Gasteiger partial charge in [-0.25, -0.2) is 9.48 Å². The molecule has 3 N–H and O–H groups in total. The van der Waals surface area contributed by atoms with Gasteiger partial charge in [-0.15, -0.1) is 5.06 Å².